The Labute approximate surface area is 164 Å². The summed E-state index contributed by atoms with van der Waals surface area (Å²) in [6, 6.07) is 7.41. The highest BCUT2D eigenvalue weighted by atomic mass is 35.5. The second-order valence-corrected chi connectivity index (χ2v) is 7.24. The van der Waals surface area contributed by atoms with Crippen molar-refractivity contribution in [1.29, 1.82) is 0 Å². The topological polar surface area (TPSA) is 81.6 Å². The number of carbonyl (C=O) groups is 1. The van der Waals surface area contributed by atoms with Gasteiger partial charge in [-0.15, -0.1) is 5.10 Å². The lowest BCUT2D eigenvalue weighted by Gasteiger charge is -2.38. The normalized spacial score (nSPS) is 16.9. The molecule has 1 aliphatic heterocycles. The molecule has 8 heteroatoms. The predicted octanol–water partition coefficient (Wildman–Crippen LogP) is 2.95. The van der Waals surface area contributed by atoms with Crippen LogP contribution in [0.1, 0.15) is 24.0 Å². The molecule has 3 rings (SSSR count). The molecule has 1 aromatic carbocycles. The Kier molecular flexibility index (Phi) is 6.01. The molecule has 1 aromatic heterocycles. The Morgan fingerprint density at radius 2 is 2.26 bits per heavy atom. The van der Waals surface area contributed by atoms with Gasteiger partial charge in [-0.25, -0.2) is 4.79 Å². The van der Waals surface area contributed by atoms with Gasteiger partial charge >= 0.3 is 6.03 Å². The molecule has 1 fully saturated rings. The number of nitrogens with zero attached hydrogens (tertiary/aromatic N) is 4. The third kappa shape index (κ3) is 4.60. The van der Waals surface area contributed by atoms with Crippen molar-refractivity contribution in [1.82, 2.24) is 20.4 Å². The summed E-state index contributed by atoms with van der Waals surface area (Å²) in [7, 11) is 1.81. The van der Waals surface area contributed by atoms with Crippen LogP contribution < -0.4 is 10.2 Å². The molecule has 0 bridgehead atoms. The summed E-state index contributed by atoms with van der Waals surface area (Å²) < 4.78 is 0. The Morgan fingerprint density at radius 1 is 1.44 bits per heavy atom. The summed E-state index contributed by atoms with van der Waals surface area (Å²) in [4.78, 5) is 16.4. The Morgan fingerprint density at radius 3 is 3.00 bits per heavy atom. The Bertz CT molecular complexity index is 816. The second kappa shape index (κ2) is 8.43. The number of urea groups is 1. The van der Waals surface area contributed by atoms with Crippen LogP contribution in [0, 0.1) is 6.92 Å². The maximum atomic E-state index is 12.6. The molecule has 0 unspecified atom stereocenters. The highest BCUT2D eigenvalue weighted by Crippen LogP contribution is 2.27. The van der Waals surface area contributed by atoms with Crippen molar-refractivity contribution in [3.63, 3.8) is 0 Å². The SMILES string of the molecule is Cc1cc(CNC(=O)N(C)[C@@H]2CCCN(c3ccnnc3O)C2)ccc1Cl. The van der Waals surface area contributed by atoms with E-state index >= 15 is 0 Å². The summed E-state index contributed by atoms with van der Waals surface area (Å²) in [6.45, 7) is 3.85. The Balaban J connectivity index is 1.59. The summed E-state index contributed by atoms with van der Waals surface area (Å²) in [5.41, 5.74) is 2.65. The number of hydrogen-bond donors (Lipinski definition) is 2. The Hall–Kier alpha value is -2.54. The minimum atomic E-state index is -0.119. The van der Waals surface area contributed by atoms with Crippen LogP contribution in [-0.4, -0.2) is 52.4 Å². The van der Waals surface area contributed by atoms with E-state index in [2.05, 4.69) is 15.5 Å². The van der Waals surface area contributed by atoms with Gasteiger partial charge in [-0.2, -0.15) is 5.10 Å². The molecule has 1 aliphatic rings. The molecular weight excluding hydrogens is 366 g/mol. The largest absolute Gasteiger partial charge is 0.491 e. The molecule has 2 aromatic rings. The van der Waals surface area contributed by atoms with Crippen molar-refractivity contribution in [3.8, 4) is 5.88 Å². The molecule has 27 heavy (non-hydrogen) atoms. The van der Waals surface area contributed by atoms with Gasteiger partial charge in [0.05, 0.1) is 12.2 Å². The monoisotopic (exact) mass is 389 g/mol. The minimum Gasteiger partial charge on any atom is -0.491 e. The standard InChI is InChI=1S/C19H24ClN5O2/c1-13-10-14(5-6-16(13)20)11-21-19(27)24(2)15-4-3-9-25(12-15)17-7-8-22-23-18(17)26/h5-8,10,15H,3-4,9,11-12H2,1-2H3,(H,21,27)(H,23,26)/t15-/m1/s1. The van der Waals surface area contributed by atoms with Gasteiger partial charge in [-0.1, -0.05) is 23.7 Å². The molecule has 0 spiro atoms. The van der Waals surface area contributed by atoms with Crippen LogP contribution in [0.4, 0.5) is 10.5 Å². The van der Waals surface area contributed by atoms with Crippen molar-refractivity contribution in [2.75, 3.05) is 25.0 Å². The lowest BCUT2D eigenvalue weighted by molar-refractivity contribution is 0.182. The first-order valence-corrected chi connectivity index (χ1v) is 9.35. The maximum absolute atomic E-state index is 12.6. The lowest BCUT2D eigenvalue weighted by Crippen LogP contribution is -2.51. The maximum Gasteiger partial charge on any atom is 0.317 e. The highest BCUT2D eigenvalue weighted by molar-refractivity contribution is 6.31. The number of aromatic hydroxyl groups is 1. The number of aromatic nitrogens is 2. The fourth-order valence-electron chi connectivity index (χ4n) is 3.34. The highest BCUT2D eigenvalue weighted by Gasteiger charge is 2.27. The van der Waals surface area contributed by atoms with Gasteiger partial charge in [-0.3, -0.25) is 0 Å². The number of piperidine rings is 1. The number of amides is 2. The van der Waals surface area contributed by atoms with E-state index in [1.54, 1.807) is 24.2 Å². The predicted molar refractivity (Wildman–Crippen MR) is 105 cm³/mol. The molecule has 1 atom stereocenters. The van der Waals surface area contributed by atoms with Gasteiger partial charge in [0.2, 0.25) is 0 Å². The zero-order valence-corrected chi connectivity index (χ0v) is 16.3. The number of anilines is 1. The molecule has 0 aliphatic carbocycles. The number of nitrogens with one attached hydrogen (secondary N) is 1. The number of rotatable bonds is 4. The molecule has 2 N–H and O–H groups in total. The number of carbonyl (C=O) groups excluding carboxylic acids is 1. The van der Waals surface area contributed by atoms with E-state index in [1.165, 1.54) is 0 Å². The summed E-state index contributed by atoms with van der Waals surface area (Å²) in [5, 5.41) is 21.0. The van der Waals surface area contributed by atoms with Gasteiger partial charge < -0.3 is 20.2 Å². The number of hydrogen-bond acceptors (Lipinski definition) is 5. The fourth-order valence-corrected chi connectivity index (χ4v) is 3.46. The molecule has 0 saturated carbocycles. The third-order valence-electron chi connectivity index (χ3n) is 4.95. The number of aryl methyl sites for hydroxylation is 1. The first kappa shape index (κ1) is 19.2. The molecular formula is C19H24ClN5O2. The van der Waals surface area contributed by atoms with Crippen molar-refractivity contribution in [3.05, 3.63) is 46.6 Å². The van der Waals surface area contributed by atoms with E-state index in [9.17, 15) is 9.90 Å². The van der Waals surface area contributed by atoms with Crippen molar-refractivity contribution in [2.45, 2.75) is 32.4 Å². The van der Waals surface area contributed by atoms with E-state index in [0.29, 0.717) is 18.8 Å². The van der Waals surface area contributed by atoms with Crippen LogP contribution in [-0.2, 0) is 6.54 Å². The van der Waals surface area contributed by atoms with E-state index in [-0.39, 0.29) is 18.0 Å². The first-order valence-electron chi connectivity index (χ1n) is 8.97. The number of halogens is 1. The van der Waals surface area contributed by atoms with Gasteiger partial charge in [0, 0.05) is 31.7 Å². The fraction of sp³-hybridized carbons (Fsp3) is 0.421. The molecule has 0 radical (unpaired) electrons. The van der Waals surface area contributed by atoms with E-state index in [4.69, 9.17) is 11.6 Å². The van der Waals surface area contributed by atoms with Gasteiger partial charge in [0.25, 0.3) is 5.88 Å². The van der Waals surface area contributed by atoms with Crippen molar-refractivity contribution in [2.24, 2.45) is 0 Å². The molecule has 2 heterocycles. The van der Waals surface area contributed by atoms with Crippen molar-refractivity contribution >= 4 is 23.3 Å². The third-order valence-corrected chi connectivity index (χ3v) is 5.38. The average molecular weight is 390 g/mol. The average Bonchev–Trinajstić information content (AvgIpc) is 2.68. The smallest absolute Gasteiger partial charge is 0.317 e. The molecule has 144 valence electrons. The minimum absolute atomic E-state index is 0.0540. The van der Waals surface area contributed by atoms with Crippen molar-refractivity contribution < 1.29 is 9.90 Å². The molecule has 1 saturated heterocycles. The van der Waals surface area contributed by atoms with Crippen LogP contribution in [0.2, 0.25) is 5.02 Å². The molecule has 7 nitrogen and oxygen atoms in total. The van der Waals surface area contributed by atoms with Gasteiger partial charge in [0.1, 0.15) is 5.69 Å². The number of benzene rings is 1. The quantitative estimate of drug-likeness (QED) is 0.840. The van der Waals surface area contributed by atoms with Crippen LogP contribution >= 0.6 is 11.6 Å². The van der Waals surface area contributed by atoms with Crippen LogP contribution in [0.5, 0.6) is 5.88 Å². The van der Waals surface area contributed by atoms with Crippen LogP contribution in [0.3, 0.4) is 0 Å². The van der Waals surface area contributed by atoms with Gasteiger partial charge in [-0.05, 0) is 43.0 Å². The first-order chi connectivity index (χ1) is 13.0. The zero-order chi connectivity index (χ0) is 19.4. The molecule has 2 amide bonds. The van der Waals surface area contributed by atoms with E-state index in [0.717, 1.165) is 35.5 Å². The van der Waals surface area contributed by atoms with Crippen LogP contribution in [0.25, 0.3) is 0 Å². The number of likely N-dealkylation sites (N-methyl/N-ethyl adjacent to an activating group) is 1. The lowest BCUT2D eigenvalue weighted by atomic mass is 10.0. The zero-order valence-electron chi connectivity index (χ0n) is 15.5. The van der Waals surface area contributed by atoms with E-state index < -0.39 is 0 Å². The summed E-state index contributed by atoms with van der Waals surface area (Å²) in [5.74, 6) is -0.0802. The van der Waals surface area contributed by atoms with Gasteiger partial charge in [0.15, 0.2) is 0 Å². The summed E-state index contributed by atoms with van der Waals surface area (Å²) in [6.07, 6.45) is 3.41. The van der Waals surface area contributed by atoms with Crippen LogP contribution in [0.15, 0.2) is 30.5 Å². The van der Waals surface area contributed by atoms with E-state index in [1.807, 2.05) is 30.0 Å². The second-order valence-electron chi connectivity index (χ2n) is 6.84. The summed E-state index contributed by atoms with van der Waals surface area (Å²) >= 11 is 6.04.